The van der Waals surface area contributed by atoms with E-state index in [4.69, 9.17) is 0 Å². The molecule has 0 bridgehead atoms. The lowest BCUT2D eigenvalue weighted by Crippen LogP contribution is -1.98. The highest BCUT2D eigenvalue weighted by Crippen LogP contribution is 2.40. The predicted octanol–water partition coefficient (Wildman–Crippen LogP) is 6.07. The lowest BCUT2D eigenvalue weighted by atomic mass is 9.88. The van der Waals surface area contributed by atoms with Gasteiger partial charge in [-0.05, 0) is 52.1 Å². The molecular formula is C20H15Br. The van der Waals surface area contributed by atoms with Crippen LogP contribution < -0.4 is 0 Å². The van der Waals surface area contributed by atoms with Crippen LogP contribution in [0.5, 0.6) is 0 Å². The molecule has 0 nitrogen and oxygen atoms in total. The second-order valence-electron chi connectivity index (χ2n) is 5.63. The van der Waals surface area contributed by atoms with Crippen LogP contribution in [0.25, 0.3) is 16.8 Å². The van der Waals surface area contributed by atoms with Crippen LogP contribution in [-0.4, -0.2) is 0 Å². The van der Waals surface area contributed by atoms with Crippen molar-refractivity contribution >= 4 is 32.8 Å². The van der Waals surface area contributed by atoms with Crippen LogP contribution in [0.1, 0.15) is 28.2 Å². The van der Waals surface area contributed by atoms with Gasteiger partial charge in [-0.3, -0.25) is 0 Å². The van der Waals surface area contributed by atoms with E-state index in [9.17, 15) is 0 Å². The van der Waals surface area contributed by atoms with Gasteiger partial charge in [0.25, 0.3) is 0 Å². The molecule has 3 aromatic carbocycles. The number of aryl methyl sites for hydroxylation is 1. The quantitative estimate of drug-likeness (QED) is 0.506. The summed E-state index contributed by atoms with van der Waals surface area (Å²) in [6.45, 7) is 2.18. The van der Waals surface area contributed by atoms with E-state index in [1.807, 2.05) is 0 Å². The van der Waals surface area contributed by atoms with Gasteiger partial charge in [-0.1, -0.05) is 70.5 Å². The summed E-state index contributed by atoms with van der Waals surface area (Å²) in [5, 5.41) is 2.71. The third kappa shape index (κ3) is 2.04. The standard InChI is InChI=1S/C20H15Br/c1-13-6-10-18(17-5-3-2-4-16(13)17)19-11-8-14-7-9-15(21)12-20(14)19/h2-12,19H,1H3. The fourth-order valence-corrected chi connectivity index (χ4v) is 3.66. The SMILES string of the molecule is Cc1ccc(C2C=Cc3ccc(Br)cc32)c2ccccc12. The Morgan fingerprint density at radius 3 is 2.52 bits per heavy atom. The Bertz CT molecular complexity index is 874. The molecule has 0 radical (unpaired) electrons. The minimum absolute atomic E-state index is 0.350. The van der Waals surface area contributed by atoms with E-state index in [0.29, 0.717) is 5.92 Å². The summed E-state index contributed by atoms with van der Waals surface area (Å²) in [7, 11) is 0. The normalized spacial score (nSPS) is 16.4. The molecular weight excluding hydrogens is 320 g/mol. The zero-order chi connectivity index (χ0) is 14.4. The van der Waals surface area contributed by atoms with Crippen molar-refractivity contribution in [1.82, 2.24) is 0 Å². The molecule has 0 amide bonds. The Kier molecular flexibility index (Phi) is 2.97. The average Bonchev–Trinajstić information content (AvgIpc) is 2.91. The lowest BCUT2D eigenvalue weighted by Gasteiger charge is -2.16. The van der Waals surface area contributed by atoms with Gasteiger partial charge in [0.1, 0.15) is 0 Å². The first kappa shape index (κ1) is 12.8. The summed E-state index contributed by atoms with van der Waals surface area (Å²) in [5.74, 6) is 0.350. The van der Waals surface area contributed by atoms with Crippen molar-refractivity contribution in [2.24, 2.45) is 0 Å². The maximum absolute atomic E-state index is 3.60. The second-order valence-corrected chi connectivity index (χ2v) is 6.54. The highest BCUT2D eigenvalue weighted by Gasteiger charge is 2.21. The molecule has 0 saturated heterocycles. The minimum atomic E-state index is 0.350. The largest absolute Gasteiger partial charge is 0.0720 e. The molecule has 1 heteroatoms. The summed E-state index contributed by atoms with van der Waals surface area (Å²) >= 11 is 3.60. The molecule has 21 heavy (non-hydrogen) atoms. The Morgan fingerprint density at radius 1 is 0.857 bits per heavy atom. The van der Waals surface area contributed by atoms with Crippen molar-refractivity contribution < 1.29 is 0 Å². The molecule has 1 atom stereocenters. The number of benzene rings is 3. The Balaban J connectivity index is 1.96. The summed E-state index contributed by atoms with van der Waals surface area (Å²) in [5.41, 5.74) is 5.45. The van der Waals surface area contributed by atoms with Crippen LogP contribution >= 0.6 is 15.9 Å². The van der Waals surface area contributed by atoms with Gasteiger partial charge in [0.15, 0.2) is 0 Å². The first-order valence-corrected chi connectivity index (χ1v) is 7.99. The van der Waals surface area contributed by atoms with Crippen LogP contribution in [0.2, 0.25) is 0 Å². The van der Waals surface area contributed by atoms with Gasteiger partial charge in [0, 0.05) is 10.4 Å². The van der Waals surface area contributed by atoms with E-state index in [-0.39, 0.29) is 0 Å². The van der Waals surface area contributed by atoms with Crippen molar-refractivity contribution in [3.8, 4) is 0 Å². The first-order valence-electron chi connectivity index (χ1n) is 7.20. The molecule has 0 N–H and O–H groups in total. The van der Waals surface area contributed by atoms with E-state index in [1.54, 1.807) is 0 Å². The Hall–Kier alpha value is -1.86. The number of allylic oxidation sites excluding steroid dienone is 1. The van der Waals surface area contributed by atoms with Crippen molar-refractivity contribution in [3.63, 3.8) is 0 Å². The predicted molar refractivity (Wildman–Crippen MR) is 93.7 cm³/mol. The van der Waals surface area contributed by atoms with Gasteiger partial charge < -0.3 is 0 Å². The van der Waals surface area contributed by atoms with Crippen molar-refractivity contribution in [2.45, 2.75) is 12.8 Å². The summed E-state index contributed by atoms with van der Waals surface area (Å²) in [6, 6.07) is 19.8. The van der Waals surface area contributed by atoms with Crippen molar-refractivity contribution in [1.29, 1.82) is 0 Å². The number of halogens is 1. The maximum atomic E-state index is 3.60. The van der Waals surface area contributed by atoms with Crippen LogP contribution in [0.4, 0.5) is 0 Å². The molecule has 102 valence electrons. The van der Waals surface area contributed by atoms with Crippen molar-refractivity contribution in [3.05, 3.63) is 87.4 Å². The topological polar surface area (TPSA) is 0 Å². The average molecular weight is 335 g/mol. The third-order valence-electron chi connectivity index (χ3n) is 4.36. The number of fused-ring (bicyclic) bond motifs is 2. The highest BCUT2D eigenvalue weighted by atomic mass is 79.9. The zero-order valence-corrected chi connectivity index (χ0v) is 13.4. The molecule has 1 aliphatic rings. The summed E-state index contributed by atoms with van der Waals surface area (Å²) < 4.78 is 1.14. The summed E-state index contributed by atoms with van der Waals surface area (Å²) in [4.78, 5) is 0. The zero-order valence-electron chi connectivity index (χ0n) is 11.8. The van der Waals surface area contributed by atoms with E-state index in [2.05, 4.69) is 89.6 Å². The van der Waals surface area contributed by atoms with Gasteiger partial charge in [-0.25, -0.2) is 0 Å². The van der Waals surface area contributed by atoms with Crippen LogP contribution in [0.15, 0.2) is 65.1 Å². The maximum Gasteiger partial charge on any atom is 0.0285 e. The molecule has 0 fully saturated rings. The van der Waals surface area contributed by atoms with E-state index in [1.165, 1.54) is 33.0 Å². The van der Waals surface area contributed by atoms with Crippen LogP contribution in [0.3, 0.4) is 0 Å². The molecule has 0 aromatic heterocycles. The number of hydrogen-bond acceptors (Lipinski definition) is 0. The van der Waals surface area contributed by atoms with Crippen LogP contribution in [-0.2, 0) is 0 Å². The van der Waals surface area contributed by atoms with Gasteiger partial charge in [0.2, 0.25) is 0 Å². The van der Waals surface area contributed by atoms with Crippen LogP contribution in [0, 0.1) is 6.92 Å². The molecule has 4 rings (SSSR count). The Morgan fingerprint density at radius 2 is 1.67 bits per heavy atom. The fraction of sp³-hybridized carbons (Fsp3) is 0.100. The van der Waals surface area contributed by atoms with E-state index >= 15 is 0 Å². The molecule has 1 aliphatic carbocycles. The second kappa shape index (κ2) is 4.85. The fourth-order valence-electron chi connectivity index (χ4n) is 3.29. The minimum Gasteiger partial charge on any atom is -0.0720 e. The van der Waals surface area contributed by atoms with Gasteiger partial charge in [-0.2, -0.15) is 0 Å². The summed E-state index contributed by atoms with van der Waals surface area (Å²) in [6.07, 6.45) is 4.55. The van der Waals surface area contributed by atoms with Crippen molar-refractivity contribution in [2.75, 3.05) is 0 Å². The molecule has 3 aromatic rings. The monoisotopic (exact) mass is 334 g/mol. The molecule has 0 heterocycles. The van der Waals surface area contributed by atoms with Gasteiger partial charge in [0.05, 0.1) is 0 Å². The van der Waals surface area contributed by atoms with Gasteiger partial charge >= 0.3 is 0 Å². The lowest BCUT2D eigenvalue weighted by molar-refractivity contribution is 1.06. The highest BCUT2D eigenvalue weighted by molar-refractivity contribution is 9.10. The molecule has 0 aliphatic heterocycles. The number of hydrogen-bond donors (Lipinski definition) is 0. The molecule has 1 unspecified atom stereocenters. The van der Waals surface area contributed by atoms with E-state index in [0.717, 1.165) is 4.47 Å². The Labute approximate surface area is 133 Å². The molecule has 0 spiro atoms. The van der Waals surface area contributed by atoms with E-state index < -0.39 is 0 Å². The molecule has 0 saturated carbocycles. The first-order chi connectivity index (χ1) is 10.2. The number of rotatable bonds is 1. The smallest absolute Gasteiger partial charge is 0.0285 e. The third-order valence-corrected chi connectivity index (χ3v) is 4.86. The van der Waals surface area contributed by atoms with Gasteiger partial charge in [-0.15, -0.1) is 0 Å².